The zero-order chi connectivity index (χ0) is 24.9. The fraction of sp³-hybridized carbons (Fsp3) is 0.467. The number of aromatic nitrogens is 1. The smallest absolute Gasteiger partial charge is 0.270 e. The summed E-state index contributed by atoms with van der Waals surface area (Å²) in [6.45, 7) is 1.94. The Morgan fingerprint density at radius 2 is 2.00 bits per heavy atom. The second-order valence-corrected chi connectivity index (χ2v) is 11.8. The van der Waals surface area contributed by atoms with Crippen LogP contribution in [0.5, 0.6) is 11.5 Å². The molecule has 3 aromatic rings. The van der Waals surface area contributed by atoms with E-state index in [1.807, 2.05) is 36.4 Å². The van der Waals surface area contributed by atoms with Crippen molar-refractivity contribution in [3.63, 3.8) is 0 Å². The largest absolute Gasteiger partial charge is 0.504 e. The molecule has 3 aliphatic carbocycles. The second kappa shape index (κ2) is 7.45. The number of benzene rings is 2. The fourth-order valence-electron chi connectivity index (χ4n) is 8.17. The number of amides is 1. The minimum absolute atomic E-state index is 0.0207. The van der Waals surface area contributed by atoms with Crippen molar-refractivity contribution in [3.8, 4) is 11.5 Å². The van der Waals surface area contributed by atoms with E-state index in [2.05, 4.69) is 15.2 Å². The number of nitrogens with one attached hydrogen (secondary N) is 1. The van der Waals surface area contributed by atoms with Gasteiger partial charge in [0.25, 0.3) is 5.91 Å². The molecule has 2 bridgehead atoms. The molecule has 8 rings (SSSR count). The Balaban J connectivity index is 1.20. The average Bonchev–Trinajstić information content (AvgIpc) is 3.65. The number of carbonyl (C=O) groups excluding carboxylic acids is 1. The number of aromatic hydroxyl groups is 1. The zero-order valence-electron chi connectivity index (χ0n) is 20.7. The van der Waals surface area contributed by atoms with Crippen LogP contribution in [0.15, 0.2) is 48.7 Å². The molecule has 1 amide bonds. The molecule has 1 saturated heterocycles. The predicted molar refractivity (Wildman–Crippen MR) is 138 cm³/mol. The third-order valence-corrected chi connectivity index (χ3v) is 9.97. The van der Waals surface area contributed by atoms with Crippen LogP contribution in [0.4, 0.5) is 0 Å². The van der Waals surface area contributed by atoms with E-state index in [4.69, 9.17) is 4.74 Å². The number of aliphatic hydroxyl groups is 1. The SMILES string of the molecule is O=C(N[C@@H]1CC[C@@]2(O)C3Cc4ccc(O)c5c4[C@@]2(CCN3CC2CC2)[C@H]1O5)c1nccc2ccccc12. The van der Waals surface area contributed by atoms with Gasteiger partial charge in [0, 0.05) is 29.7 Å². The van der Waals surface area contributed by atoms with Gasteiger partial charge in [0.05, 0.1) is 17.1 Å². The maximum atomic E-state index is 13.6. The number of phenols is 1. The van der Waals surface area contributed by atoms with Crippen LogP contribution in [0.2, 0.25) is 0 Å². The zero-order valence-corrected chi connectivity index (χ0v) is 20.7. The molecule has 1 spiro atoms. The van der Waals surface area contributed by atoms with Gasteiger partial charge in [-0.05, 0) is 74.1 Å². The first-order chi connectivity index (χ1) is 18.0. The molecule has 3 N–H and O–H groups in total. The van der Waals surface area contributed by atoms with E-state index in [1.54, 1.807) is 12.3 Å². The van der Waals surface area contributed by atoms with Crippen LogP contribution in [0.1, 0.15) is 53.7 Å². The molecule has 2 saturated carbocycles. The maximum absolute atomic E-state index is 13.6. The second-order valence-electron chi connectivity index (χ2n) is 11.8. The van der Waals surface area contributed by atoms with Crippen LogP contribution in [0, 0.1) is 5.92 Å². The number of likely N-dealkylation sites (tertiary alicyclic amines) is 1. The summed E-state index contributed by atoms with van der Waals surface area (Å²) in [6, 6.07) is 13.1. The number of pyridine rings is 1. The molecule has 1 aromatic heterocycles. The fourth-order valence-corrected chi connectivity index (χ4v) is 8.17. The summed E-state index contributed by atoms with van der Waals surface area (Å²) in [5.41, 5.74) is 0.923. The number of nitrogens with zero attached hydrogens (tertiary/aromatic N) is 2. The summed E-state index contributed by atoms with van der Waals surface area (Å²) in [7, 11) is 0. The summed E-state index contributed by atoms with van der Waals surface area (Å²) >= 11 is 0. The van der Waals surface area contributed by atoms with Gasteiger partial charge in [-0.2, -0.15) is 0 Å². The van der Waals surface area contributed by atoms with Crippen molar-refractivity contribution in [2.45, 2.75) is 67.7 Å². The Bertz CT molecular complexity index is 1450. The predicted octanol–water partition coefficient (Wildman–Crippen LogP) is 3.30. The lowest BCUT2D eigenvalue weighted by Gasteiger charge is -2.64. The van der Waals surface area contributed by atoms with E-state index in [9.17, 15) is 15.0 Å². The topological polar surface area (TPSA) is 94.9 Å². The van der Waals surface area contributed by atoms with Crippen LogP contribution in [0.3, 0.4) is 0 Å². The number of ether oxygens (including phenoxy) is 1. The molecule has 37 heavy (non-hydrogen) atoms. The first kappa shape index (κ1) is 21.9. The molecule has 7 nitrogen and oxygen atoms in total. The van der Waals surface area contributed by atoms with E-state index >= 15 is 0 Å². The third-order valence-electron chi connectivity index (χ3n) is 9.97. The van der Waals surface area contributed by atoms with E-state index in [0.29, 0.717) is 24.3 Å². The van der Waals surface area contributed by atoms with Gasteiger partial charge in [-0.3, -0.25) is 14.7 Å². The number of fused-ring (bicyclic) bond motifs is 1. The van der Waals surface area contributed by atoms with E-state index in [-0.39, 0.29) is 23.7 Å². The Morgan fingerprint density at radius 1 is 1.14 bits per heavy atom. The van der Waals surface area contributed by atoms with Crippen molar-refractivity contribution in [3.05, 3.63) is 65.5 Å². The molecule has 5 atom stereocenters. The van der Waals surface area contributed by atoms with Gasteiger partial charge < -0.3 is 20.3 Å². The van der Waals surface area contributed by atoms with Crippen LogP contribution in [0.25, 0.3) is 10.8 Å². The summed E-state index contributed by atoms with van der Waals surface area (Å²) in [6.07, 6.45) is 6.49. The third kappa shape index (κ3) is 2.84. The molecule has 1 unspecified atom stereocenters. The standard InChI is InChI=1S/C30H31N3O4/c34-22-8-7-19-15-23-30(36)11-9-21(32-28(35)25-20-4-2-1-3-18(20)10-13-31-25)27-29(30,24(19)26(22)37-27)12-14-33(23)16-17-5-6-17/h1-4,7-8,10,13,17,21,23,27,34,36H,5-6,9,11-12,14-16H2,(H,32,35)/t21-,23?,27+,29+,30-/m1/s1. The first-order valence-electron chi connectivity index (χ1n) is 13.6. The quantitative estimate of drug-likeness (QED) is 0.512. The summed E-state index contributed by atoms with van der Waals surface area (Å²) in [4.78, 5) is 20.5. The van der Waals surface area contributed by atoms with Gasteiger partial charge in [-0.1, -0.05) is 30.3 Å². The highest BCUT2D eigenvalue weighted by Gasteiger charge is 2.73. The van der Waals surface area contributed by atoms with E-state index in [1.165, 1.54) is 12.8 Å². The summed E-state index contributed by atoms with van der Waals surface area (Å²) < 4.78 is 6.58. The van der Waals surface area contributed by atoms with Crippen LogP contribution in [-0.4, -0.2) is 62.9 Å². The Hall–Kier alpha value is -3.16. The Kier molecular flexibility index (Phi) is 4.41. The summed E-state index contributed by atoms with van der Waals surface area (Å²) in [5, 5.41) is 28.4. The lowest BCUT2D eigenvalue weighted by Crippen LogP contribution is -2.78. The molecule has 2 aliphatic heterocycles. The van der Waals surface area contributed by atoms with Crippen molar-refractivity contribution < 1.29 is 19.7 Å². The lowest BCUT2D eigenvalue weighted by molar-refractivity contribution is -0.191. The monoisotopic (exact) mass is 497 g/mol. The van der Waals surface area contributed by atoms with Crippen molar-refractivity contribution in [2.75, 3.05) is 13.1 Å². The van der Waals surface area contributed by atoms with Gasteiger partial charge >= 0.3 is 0 Å². The molecule has 190 valence electrons. The van der Waals surface area contributed by atoms with Gasteiger partial charge in [0.15, 0.2) is 11.5 Å². The molecule has 2 aromatic carbocycles. The van der Waals surface area contributed by atoms with Crippen molar-refractivity contribution in [1.82, 2.24) is 15.2 Å². The molecular formula is C30H31N3O4. The number of phenolic OH excluding ortho intramolecular Hbond substituents is 1. The number of hydrogen-bond donors (Lipinski definition) is 3. The van der Waals surface area contributed by atoms with E-state index < -0.39 is 17.1 Å². The number of hydrogen-bond acceptors (Lipinski definition) is 6. The van der Waals surface area contributed by atoms with Crippen LogP contribution in [-0.2, 0) is 11.8 Å². The number of piperidine rings is 1. The number of rotatable bonds is 4. The average molecular weight is 498 g/mol. The van der Waals surface area contributed by atoms with Crippen LogP contribution < -0.4 is 10.1 Å². The lowest BCUT2D eigenvalue weighted by atomic mass is 9.48. The van der Waals surface area contributed by atoms with Gasteiger partial charge in [-0.25, -0.2) is 0 Å². The Morgan fingerprint density at radius 3 is 2.86 bits per heavy atom. The normalized spacial score (nSPS) is 33.6. The van der Waals surface area contributed by atoms with Crippen molar-refractivity contribution in [2.24, 2.45) is 5.92 Å². The van der Waals surface area contributed by atoms with Gasteiger partial charge in [-0.15, -0.1) is 0 Å². The first-order valence-corrected chi connectivity index (χ1v) is 13.6. The van der Waals surface area contributed by atoms with Crippen molar-refractivity contribution >= 4 is 16.7 Å². The van der Waals surface area contributed by atoms with Crippen molar-refractivity contribution in [1.29, 1.82) is 0 Å². The molecular weight excluding hydrogens is 466 g/mol. The molecule has 3 fully saturated rings. The van der Waals surface area contributed by atoms with Gasteiger partial charge in [0.1, 0.15) is 11.8 Å². The minimum atomic E-state index is -0.963. The highest BCUT2D eigenvalue weighted by atomic mass is 16.5. The van der Waals surface area contributed by atoms with E-state index in [0.717, 1.165) is 53.7 Å². The molecule has 0 radical (unpaired) electrons. The van der Waals surface area contributed by atoms with Gasteiger partial charge in [0.2, 0.25) is 0 Å². The molecule has 7 heteroatoms. The molecule has 5 aliphatic rings. The van der Waals surface area contributed by atoms with Crippen LogP contribution >= 0.6 is 0 Å². The highest BCUT2D eigenvalue weighted by molar-refractivity contribution is 6.05. The number of carbonyl (C=O) groups is 1. The molecule has 3 heterocycles. The highest BCUT2D eigenvalue weighted by Crippen LogP contribution is 2.65. The Labute approximate surface area is 215 Å². The summed E-state index contributed by atoms with van der Waals surface area (Å²) in [5.74, 6) is 1.13. The maximum Gasteiger partial charge on any atom is 0.270 e. The minimum Gasteiger partial charge on any atom is -0.504 e.